The van der Waals surface area contributed by atoms with Gasteiger partial charge in [0, 0.05) is 0 Å². The third-order valence-electron chi connectivity index (χ3n) is 4.51. The van der Waals surface area contributed by atoms with E-state index in [0.29, 0.717) is 33.9 Å². The van der Waals surface area contributed by atoms with Gasteiger partial charge in [-0.15, -0.1) is 0 Å². The Morgan fingerprint density at radius 2 is 1.47 bits per heavy atom. The van der Waals surface area contributed by atoms with Gasteiger partial charge in [-0.05, 0) is 41.8 Å². The Labute approximate surface area is 175 Å². The Hall–Kier alpha value is -3.74. The maximum Gasteiger partial charge on any atom is 0.338 e. The summed E-state index contributed by atoms with van der Waals surface area (Å²) in [6, 6.07) is 12.4. The summed E-state index contributed by atoms with van der Waals surface area (Å²) in [4.78, 5) is 25.0. The van der Waals surface area contributed by atoms with Gasteiger partial charge >= 0.3 is 5.97 Å². The first-order valence-electron chi connectivity index (χ1n) is 9.04. The summed E-state index contributed by atoms with van der Waals surface area (Å²) >= 11 is 0. The topological polar surface area (TPSA) is 97.1 Å². The van der Waals surface area contributed by atoms with Gasteiger partial charge in [0.1, 0.15) is 0 Å². The Morgan fingerprint density at radius 3 is 1.90 bits per heavy atom. The average Bonchev–Trinajstić information content (AvgIpc) is 2.77. The molecule has 158 valence electrons. The molecule has 0 fully saturated rings. The minimum atomic E-state index is -0.758. The van der Waals surface area contributed by atoms with Crippen molar-refractivity contribution < 1.29 is 28.5 Å². The zero-order valence-electron chi connectivity index (χ0n) is 17.6. The SMILES string of the molecule is COC(=O)C(C(=Cc1ccccc1)C(N)=O)=C(C)c1cc(OC)c(OC)c(OC)c1. The van der Waals surface area contributed by atoms with E-state index in [4.69, 9.17) is 24.7 Å². The van der Waals surface area contributed by atoms with Crippen LogP contribution in [0.5, 0.6) is 17.2 Å². The smallest absolute Gasteiger partial charge is 0.338 e. The lowest BCUT2D eigenvalue weighted by Crippen LogP contribution is -2.21. The van der Waals surface area contributed by atoms with Crippen LogP contribution in [0.15, 0.2) is 53.6 Å². The van der Waals surface area contributed by atoms with Crippen molar-refractivity contribution in [2.45, 2.75) is 6.92 Å². The fraction of sp³-hybridized carbons (Fsp3) is 0.217. The Morgan fingerprint density at radius 1 is 0.900 bits per heavy atom. The standard InChI is InChI=1S/C23H25NO6/c1-14(16-12-18(27-2)21(29-4)19(13-16)28-3)20(23(26)30-5)17(22(24)25)11-15-9-7-6-8-10-15/h6-13H,1-5H3,(H2,24,25). The zero-order valence-corrected chi connectivity index (χ0v) is 17.6. The summed E-state index contributed by atoms with van der Waals surface area (Å²) in [6.45, 7) is 1.69. The quantitative estimate of drug-likeness (QED) is 0.407. The van der Waals surface area contributed by atoms with E-state index >= 15 is 0 Å². The number of nitrogens with two attached hydrogens (primary N) is 1. The first-order chi connectivity index (χ1) is 14.4. The number of hydrogen-bond donors (Lipinski definition) is 1. The molecule has 0 saturated carbocycles. The molecule has 0 aliphatic carbocycles. The minimum Gasteiger partial charge on any atom is -0.493 e. The second-order valence-corrected chi connectivity index (χ2v) is 6.24. The molecule has 7 nitrogen and oxygen atoms in total. The van der Waals surface area contributed by atoms with Gasteiger partial charge in [0.25, 0.3) is 0 Å². The van der Waals surface area contributed by atoms with Crippen LogP contribution >= 0.6 is 0 Å². The van der Waals surface area contributed by atoms with Crippen LogP contribution in [-0.2, 0) is 14.3 Å². The molecule has 2 aromatic carbocycles. The molecular formula is C23H25NO6. The highest BCUT2D eigenvalue weighted by Gasteiger charge is 2.25. The molecular weight excluding hydrogens is 386 g/mol. The van der Waals surface area contributed by atoms with E-state index in [9.17, 15) is 9.59 Å². The molecule has 0 radical (unpaired) electrons. The number of benzene rings is 2. The van der Waals surface area contributed by atoms with E-state index in [2.05, 4.69) is 0 Å². The largest absolute Gasteiger partial charge is 0.493 e. The van der Waals surface area contributed by atoms with Crippen molar-refractivity contribution >= 4 is 23.5 Å². The Bertz CT molecular complexity index is 967. The number of allylic oxidation sites excluding steroid dienone is 1. The lowest BCUT2D eigenvalue weighted by Gasteiger charge is -2.17. The normalized spacial score (nSPS) is 12.0. The number of methoxy groups -OCH3 is 4. The first-order valence-corrected chi connectivity index (χ1v) is 9.04. The van der Waals surface area contributed by atoms with Gasteiger partial charge in [0.05, 0.1) is 39.6 Å². The fourth-order valence-electron chi connectivity index (χ4n) is 2.99. The van der Waals surface area contributed by atoms with E-state index in [1.54, 1.807) is 37.3 Å². The highest BCUT2D eigenvalue weighted by Crippen LogP contribution is 2.41. The number of rotatable bonds is 8. The number of ether oxygens (including phenoxy) is 4. The second-order valence-electron chi connectivity index (χ2n) is 6.24. The third-order valence-corrected chi connectivity index (χ3v) is 4.51. The number of carbonyl (C=O) groups excluding carboxylic acids is 2. The summed E-state index contributed by atoms with van der Waals surface area (Å²) in [5.74, 6) is -0.231. The highest BCUT2D eigenvalue weighted by molar-refractivity contribution is 6.15. The summed E-state index contributed by atoms with van der Waals surface area (Å²) in [5, 5.41) is 0. The number of amides is 1. The van der Waals surface area contributed by atoms with Gasteiger partial charge in [-0.25, -0.2) is 4.79 Å². The molecule has 0 bridgehead atoms. The van der Waals surface area contributed by atoms with Crippen LogP contribution in [0.4, 0.5) is 0 Å². The van der Waals surface area contributed by atoms with Crippen molar-refractivity contribution in [3.63, 3.8) is 0 Å². The van der Waals surface area contributed by atoms with Crippen LogP contribution in [0, 0.1) is 0 Å². The van der Waals surface area contributed by atoms with Crippen LogP contribution in [0.1, 0.15) is 18.1 Å². The molecule has 2 rings (SSSR count). The first kappa shape index (κ1) is 22.5. The lowest BCUT2D eigenvalue weighted by atomic mass is 9.93. The molecule has 2 aromatic rings. The van der Waals surface area contributed by atoms with Crippen molar-refractivity contribution in [3.05, 3.63) is 64.7 Å². The molecule has 30 heavy (non-hydrogen) atoms. The van der Waals surface area contributed by atoms with Crippen molar-refractivity contribution in [3.8, 4) is 17.2 Å². The van der Waals surface area contributed by atoms with Crippen LogP contribution in [0.2, 0.25) is 0 Å². The fourth-order valence-corrected chi connectivity index (χ4v) is 2.99. The monoisotopic (exact) mass is 411 g/mol. The highest BCUT2D eigenvalue weighted by atomic mass is 16.5. The molecule has 0 unspecified atom stereocenters. The molecule has 0 aliphatic rings. The van der Waals surface area contributed by atoms with Gasteiger partial charge in [-0.2, -0.15) is 0 Å². The van der Waals surface area contributed by atoms with E-state index in [1.807, 2.05) is 18.2 Å². The van der Waals surface area contributed by atoms with Crippen molar-refractivity contribution in [2.75, 3.05) is 28.4 Å². The van der Waals surface area contributed by atoms with Crippen LogP contribution < -0.4 is 19.9 Å². The van der Waals surface area contributed by atoms with Crippen molar-refractivity contribution in [1.29, 1.82) is 0 Å². The molecule has 0 aromatic heterocycles. The van der Waals surface area contributed by atoms with Gasteiger partial charge < -0.3 is 24.7 Å². The Kier molecular flexibility index (Phi) is 7.63. The van der Waals surface area contributed by atoms with E-state index < -0.39 is 11.9 Å². The Balaban J connectivity index is 2.80. The summed E-state index contributed by atoms with van der Waals surface area (Å²) in [5.41, 5.74) is 7.45. The molecule has 0 aliphatic heterocycles. The van der Waals surface area contributed by atoms with Gasteiger partial charge in [0.2, 0.25) is 11.7 Å². The predicted octanol–water partition coefficient (Wildman–Crippen LogP) is 3.23. The minimum absolute atomic E-state index is 0.0271. The van der Waals surface area contributed by atoms with Crippen molar-refractivity contribution in [2.24, 2.45) is 5.73 Å². The van der Waals surface area contributed by atoms with E-state index in [1.165, 1.54) is 28.4 Å². The van der Waals surface area contributed by atoms with Crippen LogP contribution in [0.3, 0.4) is 0 Å². The number of primary amides is 1. The van der Waals surface area contributed by atoms with E-state index in [-0.39, 0.29) is 11.1 Å². The number of carbonyl (C=O) groups is 2. The summed E-state index contributed by atoms with van der Waals surface area (Å²) in [7, 11) is 5.72. The van der Waals surface area contributed by atoms with Gasteiger partial charge in [-0.1, -0.05) is 30.3 Å². The molecule has 2 N–H and O–H groups in total. The third kappa shape index (κ3) is 4.81. The average molecular weight is 411 g/mol. The maximum absolute atomic E-state index is 12.7. The van der Waals surface area contributed by atoms with Gasteiger partial charge in [0.15, 0.2) is 11.5 Å². The molecule has 0 atom stereocenters. The molecule has 1 amide bonds. The summed E-state index contributed by atoms with van der Waals surface area (Å²) < 4.78 is 21.1. The van der Waals surface area contributed by atoms with Gasteiger partial charge in [-0.3, -0.25) is 4.79 Å². The molecule has 0 saturated heterocycles. The summed E-state index contributed by atoms with van der Waals surface area (Å²) in [6.07, 6.45) is 1.55. The number of esters is 1. The lowest BCUT2D eigenvalue weighted by molar-refractivity contribution is -0.136. The zero-order chi connectivity index (χ0) is 22.3. The second kappa shape index (κ2) is 10.2. The molecule has 7 heteroatoms. The molecule has 0 heterocycles. The maximum atomic E-state index is 12.7. The molecule has 0 spiro atoms. The van der Waals surface area contributed by atoms with Crippen LogP contribution in [0.25, 0.3) is 11.6 Å². The van der Waals surface area contributed by atoms with E-state index in [0.717, 1.165) is 0 Å². The predicted molar refractivity (Wildman–Crippen MR) is 114 cm³/mol. The van der Waals surface area contributed by atoms with Crippen LogP contribution in [-0.4, -0.2) is 40.3 Å². The number of hydrogen-bond acceptors (Lipinski definition) is 6. The van der Waals surface area contributed by atoms with Crippen molar-refractivity contribution in [1.82, 2.24) is 0 Å².